The molecular weight excluding hydrogens is 228 g/mol. The summed E-state index contributed by atoms with van der Waals surface area (Å²) < 4.78 is 27.2. The van der Waals surface area contributed by atoms with E-state index in [-0.39, 0.29) is 17.0 Å². The van der Waals surface area contributed by atoms with E-state index in [2.05, 4.69) is 14.6 Å². The summed E-state index contributed by atoms with van der Waals surface area (Å²) >= 11 is 0. The number of rotatable bonds is 0. The second-order valence-electron chi connectivity index (χ2n) is 3.55. The van der Waals surface area contributed by atoms with E-state index in [0.717, 1.165) is 0 Å². The number of benzene rings is 1. The minimum atomic E-state index is -3.63. The molecule has 0 saturated carbocycles. The second kappa shape index (κ2) is 2.88. The lowest BCUT2D eigenvalue weighted by Gasteiger charge is -2.25. The van der Waals surface area contributed by atoms with Crippen LogP contribution in [0.1, 0.15) is 6.92 Å². The van der Waals surface area contributed by atoms with Gasteiger partial charge in [-0.1, -0.05) is 12.1 Å². The van der Waals surface area contributed by atoms with E-state index in [1.807, 2.05) is 6.92 Å². The highest BCUT2D eigenvalue weighted by Crippen LogP contribution is 2.35. The van der Waals surface area contributed by atoms with E-state index in [1.165, 1.54) is 6.07 Å². The highest BCUT2D eigenvalue weighted by atomic mass is 32.2. The molecule has 1 unspecified atom stereocenters. The Hall–Kier alpha value is -1.76. The Morgan fingerprint density at radius 3 is 2.88 bits per heavy atom. The Morgan fingerprint density at radius 2 is 2.06 bits per heavy atom. The summed E-state index contributed by atoms with van der Waals surface area (Å²) in [6, 6.07) is 6.72. The summed E-state index contributed by atoms with van der Waals surface area (Å²) in [4.78, 5) is 1.91. The first-order valence-corrected chi connectivity index (χ1v) is 6.18. The molecule has 0 radical (unpaired) electrons. The summed E-state index contributed by atoms with van der Waals surface area (Å²) in [7, 11) is -3.63. The summed E-state index contributed by atoms with van der Waals surface area (Å²) in [5.74, 6) is 0.145. The summed E-state index contributed by atoms with van der Waals surface area (Å²) in [5, 5.41) is 7.66. The average Bonchev–Trinajstić information content (AvgIpc) is 2.59. The number of hydrogen-bond acceptors (Lipinski definition) is 5. The predicted molar refractivity (Wildman–Crippen MR) is 57.9 cm³/mol. The van der Waals surface area contributed by atoms with E-state index in [1.54, 1.807) is 23.1 Å². The predicted octanol–water partition coefficient (Wildman–Crippen LogP) is 1.36. The molecule has 0 spiro atoms. The molecule has 7 heteroatoms. The topological polar surface area (TPSA) is 74.5 Å². The van der Waals surface area contributed by atoms with Gasteiger partial charge in [0.15, 0.2) is 0 Å². The molecule has 0 aromatic heterocycles. The van der Waals surface area contributed by atoms with Gasteiger partial charge in [0.2, 0.25) is 0 Å². The van der Waals surface area contributed by atoms with E-state index >= 15 is 0 Å². The maximum atomic E-state index is 11.8. The van der Waals surface area contributed by atoms with Crippen molar-refractivity contribution in [2.75, 3.05) is 4.90 Å². The van der Waals surface area contributed by atoms with E-state index in [9.17, 15) is 8.42 Å². The Labute approximate surface area is 92.4 Å². The Kier molecular flexibility index (Phi) is 1.70. The van der Waals surface area contributed by atoms with Crippen molar-refractivity contribution >= 4 is 21.7 Å². The number of guanidine groups is 1. The Balaban J connectivity index is 2.33. The third-order valence-electron chi connectivity index (χ3n) is 2.51. The van der Waals surface area contributed by atoms with Crippen LogP contribution in [-0.4, -0.2) is 20.5 Å². The molecule has 2 aliphatic rings. The highest BCUT2D eigenvalue weighted by Gasteiger charge is 2.36. The van der Waals surface area contributed by atoms with Gasteiger partial charge in [0.1, 0.15) is 11.1 Å². The van der Waals surface area contributed by atoms with Gasteiger partial charge in [0.25, 0.3) is 16.0 Å². The molecule has 2 aliphatic heterocycles. The van der Waals surface area contributed by atoms with Gasteiger partial charge in [-0.15, -0.1) is 9.51 Å². The fourth-order valence-corrected chi connectivity index (χ4v) is 2.92. The molecule has 1 atom stereocenters. The van der Waals surface area contributed by atoms with Crippen molar-refractivity contribution in [1.29, 1.82) is 0 Å². The van der Waals surface area contributed by atoms with E-state index < -0.39 is 10.0 Å². The van der Waals surface area contributed by atoms with Crippen LogP contribution >= 0.6 is 0 Å². The number of para-hydroxylation sites is 1. The van der Waals surface area contributed by atoms with Crippen molar-refractivity contribution in [3.63, 3.8) is 0 Å². The molecule has 6 nitrogen and oxygen atoms in total. The SMILES string of the molecule is CC1N=NC2=NS(=O)(=O)c3ccccc3N21. The van der Waals surface area contributed by atoms with Crippen molar-refractivity contribution < 1.29 is 8.42 Å². The lowest BCUT2D eigenvalue weighted by atomic mass is 10.3. The molecular formula is C9H8N4O2S. The first kappa shape index (κ1) is 9.46. The van der Waals surface area contributed by atoms with Gasteiger partial charge in [0.05, 0.1) is 5.69 Å². The smallest absolute Gasteiger partial charge is 0.283 e. The minimum Gasteiger partial charge on any atom is -0.283 e. The van der Waals surface area contributed by atoms with Crippen LogP contribution in [0.4, 0.5) is 5.69 Å². The summed E-state index contributed by atoms with van der Waals surface area (Å²) in [6.45, 7) is 1.83. The zero-order valence-corrected chi connectivity index (χ0v) is 9.22. The summed E-state index contributed by atoms with van der Waals surface area (Å²) in [5.41, 5.74) is 0.588. The molecule has 0 amide bonds. The first-order valence-electron chi connectivity index (χ1n) is 4.74. The number of nitrogens with zero attached hydrogens (tertiary/aromatic N) is 4. The van der Waals surface area contributed by atoms with Gasteiger partial charge >= 0.3 is 0 Å². The lowest BCUT2D eigenvalue weighted by molar-refractivity contribution is 0.596. The largest absolute Gasteiger partial charge is 0.287 e. The fourth-order valence-electron chi connectivity index (χ4n) is 1.80. The second-order valence-corrected chi connectivity index (χ2v) is 5.12. The molecule has 0 saturated heterocycles. The normalized spacial score (nSPS) is 24.9. The van der Waals surface area contributed by atoms with Gasteiger partial charge in [0, 0.05) is 0 Å². The molecule has 0 bridgehead atoms. The molecule has 0 fully saturated rings. The molecule has 82 valence electrons. The molecule has 1 aromatic carbocycles. The minimum absolute atomic E-state index is 0.145. The maximum Gasteiger partial charge on any atom is 0.287 e. The monoisotopic (exact) mass is 236 g/mol. The van der Waals surface area contributed by atoms with Crippen LogP contribution in [0.2, 0.25) is 0 Å². The van der Waals surface area contributed by atoms with Gasteiger partial charge in [-0.25, -0.2) is 0 Å². The maximum absolute atomic E-state index is 11.8. The molecule has 1 aromatic rings. The van der Waals surface area contributed by atoms with Gasteiger partial charge < -0.3 is 0 Å². The highest BCUT2D eigenvalue weighted by molar-refractivity contribution is 7.90. The van der Waals surface area contributed by atoms with Crippen molar-refractivity contribution in [2.45, 2.75) is 18.0 Å². The first-order chi connectivity index (χ1) is 7.59. The van der Waals surface area contributed by atoms with Crippen LogP contribution in [0.5, 0.6) is 0 Å². The van der Waals surface area contributed by atoms with Gasteiger partial charge in [-0.05, 0) is 19.1 Å². The zero-order chi connectivity index (χ0) is 11.3. The molecule has 3 rings (SSSR count). The van der Waals surface area contributed by atoms with E-state index in [0.29, 0.717) is 5.69 Å². The molecule has 0 N–H and O–H groups in total. The van der Waals surface area contributed by atoms with Crippen LogP contribution in [0.3, 0.4) is 0 Å². The lowest BCUT2D eigenvalue weighted by Crippen LogP contribution is -2.36. The Morgan fingerprint density at radius 1 is 1.31 bits per heavy atom. The zero-order valence-electron chi connectivity index (χ0n) is 8.40. The molecule has 16 heavy (non-hydrogen) atoms. The van der Waals surface area contributed by atoms with Crippen LogP contribution in [0.25, 0.3) is 0 Å². The Bertz CT molecular complexity index is 620. The van der Waals surface area contributed by atoms with Crippen LogP contribution in [0, 0.1) is 0 Å². The number of anilines is 1. The fraction of sp³-hybridized carbons (Fsp3) is 0.222. The van der Waals surface area contributed by atoms with Crippen molar-refractivity contribution in [3.8, 4) is 0 Å². The van der Waals surface area contributed by atoms with Crippen molar-refractivity contribution in [3.05, 3.63) is 24.3 Å². The molecule has 2 heterocycles. The van der Waals surface area contributed by atoms with Gasteiger partial charge in [-0.3, -0.25) is 4.90 Å². The number of hydrogen-bond donors (Lipinski definition) is 0. The average molecular weight is 236 g/mol. The number of sulfonamides is 1. The van der Waals surface area contributed by atoms with Crippen LogP contribution in [-0.2, 0) is 10.0 Å². The van der Waals surface area contributed by atoms with E-state index in [4.69, 9.17) is 0 Å². The number of fused-ring (bicyclic) bond motifs is 3. The third-order valence-corrected chi connectivity index (χ3v) is 3.81. The number of azo groups is 1. The van der Waals surface area contributed by atoms with Crippen LogP contribution in [0.15, 0.2) is 43.8 Å². The standard InChI is InChI=1S/C9H8N4O2S/c1-6-10-11-9-12-16(14,15)8-5-3-2-4-7(8)13(6)9/h2-6H,1H3. The quantitative estimate of drug-likeness (QED) is 0.682. The summed E-state index contributed by atoms with van der Waals surface area (Å²) in [6.07, 6.45) is -0.213. The van der Waals surface area contributed by atoms with Gasteiger partial charge in [-0.2, -0.15) is 13.5 Å². The molecule has 0 aliphatic carbocycles. The van der Waals surface area contributed by atoms with Crippen molar-refractivity contribution in [2.24, 2.45) is 14.6 Å². The van der Waals surface area contributed by atoms with Crippen molar-refractivity contribution in [1.82, 2.24) is 0 Å². The van der Waals surface area contributed by atoms with Crippen LogP contribution < -0.4 is 4.90 Å². The third kappa shape index (κ3) is 1.12.